The maximum absolute atomic E-state index is 10.00. The monoisotopic (exact) mass is 241 g/mol. The predicted molar refractivity (Wildman–Crippen MR) is 71.1 cm³/mol. The lowest BCUT2D eigenvalue weighted by atomic mass is 9.95. The number of aliphatic hydroxyl groups is 1. The van der Waals surface area contributed by atoms with Crippen LogP contribution in [0.5, 0.6) is 0 Å². The van der Waals surface area contributed by atoms with Crippen LogP contribution in [0.2, 0.25) is 0 Å². The van der Waals surface area contributed by atoms with Gasteiger partial charge in [0.2, 0.25) is 0 Å². The second kappa shape index (κ2) is 5.30. The second-order valence-corrected chi connectivity index (χ2v) is 6.65. The maximum atomic E-state index is 10.00. The van der Waals surface area contributed by atoms with Gasteiger partial charge in [-0.1, -0.05) is 34.6 Å². The topological polar surface area (TPSA) is 32.3 Å². The number of hydrogen-bond donors (Lipinski definition) is 2. The van der Waals surface area contributed by atoms with Crippen LogP contribution in [-0.4, -0.2) is 17.7 Å². The third-order valence-corrected chi connectivity index (χ3v) is 4.03. The van der Waals surface area contributed by atoms with Crippen molar-refractivity contribution in [2.45, 2.75) is 52.2 Å². The summed E-state index contributed by atoms with van der Waals surface area (Å²) in [5.41, 5.74) is 0.175. The normalized spacial score (nSPS) is 14.4. The van der Waals surface area contributed by atoms with Crippen LogP contribution in [0.1, 0.15) is 50.5 Å². The summed E-state index contributed by atoms with van der Waals surface area (Å²) >= 11 is 1.71. The fourth-order valence-corrected chi connectivity index (χ4v) is 2.43. The van der Waals surface area contributed by atoms with Crippen molar-refractivity contribution in [3.63, 3.8) is 0 Å². The first kappa shape index (κ1) is 13.7. The Bertz CT molecular complexity index is 325. The van der Waals surface area contributed by atoms with Crippen LogP contribution in [0.3, 0.4) is 0 Å². The molecule has 1 atom stereocenters. The molecule has 92 valence electrons. The van der Waals surface area contributed by atoms with E-state index in [4.69, 9.17) is 0 Å². The summed E-state index contributed by atoms with van der Waals surface area (Å²) in [6, 6.07) is 4.58. The molecule has 0 aliphatic heterocycles. The maximum Gasteiger partial charge on any atom is 0.101 e. The van der Waals surface area contributed by atoms with Gasteiger partial charge in [-0.3, -0.25) is 0 Å². The van der Waals surface area contributed by atoms with E-state index >= 15 is 0 Å². The highest BCUT2D eigenvalue weighted by Crippen LogP contribution is 2.32. The van der Waals surface area contributed by atoms with Crippen molar-refractivity contribution in [3.05, 3.63) is 21.9 Å². The molecule has 0 aliphatic carbocycles. The van der Waals surface area contributed by atoms with Crippen molar-refractivity contribution in [2.75, 3.05) is 6.54 Å². The molecule has 16 heavy (non-hydrogen) atoms. The van der Waals surface area contributed by atoms with Crippen LogP contribution < -0.4 is 5.32 Å². The quantitative estimate of drug-likeness (QED) is 0.849. The van der Waals surface area contributed by atoms with Crippen molar-refractivity contribution in [3.8, 4) is 0 Å². The molecular weight excluding hydrogens is 218 g/mol. The summed E-state index contributed by atoms with van der Waals surface area (Å²) in [4.78, 5) is 2.38. The third kappa shape index (κ3) is 3.89. The number of nitrogens with one attached hydrogen (secondary N) is 1. The van der Waals surface area contributed by atoms with Crippen LogP contribution >= 0.6 is 11.3 Å². The van der Waals surface area contributed by atoms with Gasteiger partial charge in [-0.25, -0.2) is 0 Å². The largest absolute Gasteiger partial charge is 0.386 e. The van der Waals surface area contributed by atoms with Gasteiger partial charge in [0.05, 0.1) is 0 Å². The Hall–Kier alpha value is -0.380. The molecule has 1 rings (SSSR count). The van der Waals surface area contributed by atoms with E-state index in [1.54, 1.807) is 11.3 Å². The molecule has 0 saturated carbocycles. The molecule has 1 aromatic heterocycles. The van der Waals surface area contributed by atoms with E-state index in [0.717, 1.165) is 4.88 Å². The summed E-state index contributed by atoms with van der Waals surface area (Å²) in [5.74, 6) is 0. The Morgan fingerprint density at radius 1 is 1.31 bits per heavy atom. The zero-order valence-electron chi connectivity index (χ0n) is 10.9. The first-order valence-electron chi connectivity index (χ1n) is 5.82. The lowest BCUT2D eigenvalue weighted by molar-refractivity contribution is 0.175. The number of thiophene rings is 1. The van der Waals surface area contributed by atoms with E-state index in [1.165, 1.54) is 4.88 Å². The van der Waals surface area contributed by atoms with E-state index in [0.29, 0.717) is 12.6 Å². The van der Waals surface area contributed by atoms with E-state index < -0.39 is 0 Å². The van der Waals surface area contributed by atoms with Gasteiger partial charge >= 0.3 is 0 Å². The molecular formula is C13H23NOS. The molecule has 0 spiro atoms. The number of aliphatic hydroxyl groups excluding tert-OH is 1. The Morgan fingerprint density at radius 3 is 2.38 bits per heavy atom. The molecule has 1 heterocycles. The van der Waals surface area contributed by atoms with Crippen molar-refractivity contribution >= 4 is 11.3 Å². The van der Waals surface area contributed by atoms with Crippen LogP contribution in [0, 0.1) is 0 Å². The van der Waals surface area contributed by atoms with Crippen LogP contribution in [-0.2, 0) is 5.41 Å². The molecule has 0 fully saturated rings. The average Bonchev–Trinajstić information content (AvgIpc) is 2.61. The predicted octanol–water partition coefficient (Wildman–Crippen LogP) is 3.08. The highest BCUT2D eigenvalue weighted by molar-refractivity contribution is 7.12. The van der Waals surface area contributed by atoms with E-state index in [1.807, 2.05) is 6.07 Å². The zero-order chi connectivity index (χ0) is 12.3. The SMILES string of the molecule is CC(C)NCC(O)c1ccc(C(C)(C)C)s1. The number of hydrogen-bond acceptors (Lipinski definition) is 3. The Kier molecular flexibility index (Phi) is 4.53. The zero-order valence-corrected chi connectivity index (χ0v) is 11.7. The lowest BCUT2D eigenvalue weighted by Gasteiger charge is -2.16. The van der Waals surface area contributed by atoms with E-state index in [-0.39, 0.29) is 11.5 Å². The first-order chi connectivity index (χ1) is 7.30. The van der Waals surface area contributed by atoms with Crippen LogP contribution in [0.25, 0.3) is 0 Å². The van der Waals surface area contributed by atoms with Crippen molar-refractivity contribution in [1.29, 1.82) is 0 Å². The summed E-state index contributed by atoms with van der Waals surface area (Å²) in [5, 5.41) is 13.2. The second-order valence-electron chi connectivity index (χ2n) is 5.53. The Morgan fingerprint density at radius 2 is 1.94 bits per heavy atom. The minimum Gasteiger partial charge on any atom is -0.386 e. The minimum atomic E-state index is -0.386. The Labute approximate surface area is 103 Å². The van der Waals surface area contributed by atoms with Crippen molar-refractivity contribution in [1.82, 2.24) is 5.32 Å². The summed E-state index contributed by atoms with van der Waals surface area (Å²) < 4.78 is 0. The molecule has 0 aromatic carbocycles. The summed E-state index contributed by atoms with van der Waals surface area (Å²) in [7, 11) is 0. The van der Waals surface area contributed by atoms with E-state index in [2.05, 4.69) is 46.0 Å². The lowest BCUT2D eigenvalue weighted by Crippen LogP contribution is -2.27. The summed E-state index contributed by atoms with van der Waals surface area (Å²) in [6.07, 6.45) is -0.386. The minimum absolute atomic E-state index is 0.175. The average molecular weight is 241 g/mol. The van der Waals surface area contributed by atoms with Gasteiger partial charge in [-0.15, -0.1) is 11.3 Å². The van der Waals surface area contributed by atoms with Gasteiger partial charge in [-0.05, 0) is 17.5 Å². The highest BCUT2D eigenvalue weighted by atomic mass is 32.1. The van der Waals surface area contributed by atoms with Gasteiger partial charge in [0, 0.05) is 22.3 Å². The smallest absolute Gasteiger partial charge is 0.101 e. The van der Waals surface area contributed by atoms with Crippen molar-refractivity contribution < 1.29 is 5.11 Å². The van der Waals surface area contributed by atoms with Crippen molar-refractivity contribution in [2.24, 2.45) is 0 Å². The molecule has 1 unspecified atom stereocenters. The molecule has 0 bridgehead atoms. The van der Waals surface area contributed by atoms with Crippen LogP contribution in [0.4, 0.5) is 0 Å². The van der Waals surface area contributed by atoms with E-state index in [9.17, 15) is 5.11 Å². The van der Waals surface area contributed by atoms with Crippen LogP contribution in [0.15, 0.2) is 12.1 Å². The molecule has 0 radical (unpaired) electrons. The molecule has 1 aromatic rings. The number of rotatable bonds is 4. The van der Waals surface area contributed by atoms with Gasteiger partial charge < -0.3 is 10.4 Å². The molecule has 2 N–H and O–H groups in total. The molecule has 3 heteroatoms. The van der Waals surface area contributed by atoms with Gasteiger partial charge in [0.1, 0.15) is 6.10 Å². The fourth-order valence-electron chi connectivity index (χ4n) is 1.38. The first-order valence-corrected chi connectivity index (χ1v) is 6.64. The molecule has 0 aliphatic rings. The molecule has 0 amide bonds. The standard InChI is InChI=1S/C13H23NOS/c1-9(2)14-8-10(15)11-6-7-12(16-11)13(3,4)5/h6-7,9-10,14-15H,8H2,1-5H3. The fraction of sp³-hybridized carbons (Fsp3) is 0.692. The third-order valence-electron chi connectivity index (χ3n) is 2.41. The highest BCUT2D eigenvalue weighted by Gasteiger charge is 2.18. The Balaban J connectivity index is 2.63. The van der Waals surface area contributed by atoms with Gasteiger partial charge in [0.25, 0.3) is 0 Å². The molecule has 2 nitrogen and oxygen atoms in total. The summed E-state index contributed by atoms with van der Waals surface area (Å²) in [6.45, 7) is 11.4. The molecule has 0 saturated heterocycles. The van der Waals surface area contributed by atoms with Gasteiger partial charge in [0.15, 0.2) is 0 Å². The van der Waals surface area contributed by atoms with Gasteiger partial charge in [-0.2, -0.15) is 0 Å².